The lowest BCUT2D eigenvalue weighted by Crippen LogP contribution is -2.38. The van der Waals surface area contributed by atoms with Crippen molar-refractivity contribution in [3.63, 3.8) is 0 Å². The molecule has 3 heteroatoms. The largest absolute Gasteiger partial charge is 0.314 e. The van der Waals surface area contributed by atoms with Crippen LogP contribution in [0.5, 0.6) is 0 Å². The predicted molar refractivity (Wildman–Crippen MR) is 77.2 cm³/mol. The zero-order valence-corrected chi connectivity index (χ0v) is 12.6. The SMILES string of the molecule is CC(C)NCC1CCC1Cc1ccc(Br)cc1F. The lowest BCUT2D eigenvalue weighted by molar-refractivity contribution is 0.166. The molecule has 0 aliphatic heterocycles. The van der Waals surface area contributed by atoms with Crippen molar-refractivity contribution in [1.82, 2.24) is 5.32 Å². The maximum Gasteiger partial charge on any atom is 0.127 e. The Morgan fingerprint density at radius 3 is 2.61 bits per heavy atom. The van der Waals surface area contributed by atoms with Gasteiger partial charge >= 0.3 is 0 Å². The van der Waals surface area contributed by atoms with Crippen LogP contribution < -0.4 is 5.32 Å². The molecule has 1 saturated carbocycles. The van der Waals surface area contributed by atoms with Crippen molar-refractivity contribution in [3.8, 4) is 0 Å². The molecule has 2 unspecified atom stereocenters. The molecule has 1 nitrogen and oxygen atoms in total. The van der Waals surface area contributed by atoms with Crippen LogP contribution in [0, 0.1) is 17.7 Å². The molecule has 1 aliphatic carbocycles. The summed E-state index contributed by atoms with van der Waals surface area (Å²) >= 11 is 3.30. The lowest BCUT2D eigenvalue weighted by Gasteiger charge is -2.37. The van der Waals surface area contributed by atoms with Crippen LogP contribution in [0.1, 0.15) is 32.3 Å². The standard InChI is InChI=1S/C15H21BrFN/c1-10(2)18-9-13-4-3-11(13)7-12-5-6-14(16)8-15(12)17/h5-6,8,10-11,13,18H,3-4,7,9H2,1-2H3. The van der Waals surface area contributed by atoms with Crippen LogP contribution in [-0.2, 0) is 6.42 Å². The Morgan fingerprint density at radius 2 is 2.06 bits per heavy atom. The van der Waals surface area contributed by atoms with Crippen LogP contribution in [0.4, 0.5) is 4.39 Å². The number of nitrogens with one attached hydrogen (secondary N) is 1. The van der Waals surface area contributed by atoms with Gasteiger partial charge in [-0.3, -0.25) is 0 Å². The summed E-state index contributed by atoms with van der Waals surface area (Å²) in [4.78, 5) is 0. The minimum atomic E-state index is -0.0770. The van der Waals surface area contributed by atoms with Crippen molar-refractivity contribution < 1.29 is 4.39 Å². The van der Waals surface area contributed by atoms with Crippen LogP contribution in [0.15, 0.2) is 22.7 Å². The average molecular weight is 314 g/mol. The third-order valence-corrected chi connectivity index (χ3v) is 4.35. The van der Waals surface area contributed by atoms with Gasteiger partial charge in [0.15, 0.2) is 0 Å². The van der Waals surface area contributed by atoms with Crippen LogP contribution in [0.3, 0.4) is 0 Å². The van der Waals surface area contributed by atoms with Gasteiger partial charge in [-0.05, 0) is 55.3 Å². The predicted octanol–water partition coefficient (Wildman–Crippen LogP) is 4.15. The number of rotatable bonds is 5. The second kappa shape index (κ2) is 6.16. The van der Waals surface area contributed by atoms with E-state index in [1.165, 1.54) is 12.8 Å². The fourth-order valence-corrected chi connectivity index (χ4v) is 2.87. The topological polar surface area (TPSA) is 12.0 Å². The van der Waals surface area contributed by atoms with Gasteiger partial charge in [0, 0.05) is 10.5 Å². The molecule has 0 amide bonds. The minimum absolute atomic E-state index is 0.0770. The fourth-order valence-electron chi connectivity index (χ4n) is 2.53. The molecule has 1 fully saturated rings. The van der Waals surface area contributed by atoms with E-state index in [-0.39, 0.29) is 5.82 Å². The van der Waals surface area contributed by atoms with Gasteiger partial charge in [-0.25, -0.2) is 4.39 Å². The summed E-state index contributed by atoms with van der Waals surface area (Å²) in [6.45, 7) is 5.41. The quantitative estimate of drug-likeness (QED) is 0.861. The van der Waals surface area contributed by atoms with E-state index in [0.717, 1.165) is 28.9 Å². The molecular formula is C15H21BrFN. The third kappa shape index (κ3) is 3.55. The first-order chi connectivity index (χ1) is 8.56. The second-order valence-corrected chi connectivity index (χ2v) is 6.52. The maximum atomic E-state index is 13.8. The van der Waals surface area contributed by atoms with Gasteiger partial charge in [0.1, 0.15) is 5.82 Å². The van der Waals surface area contributed by atoms with Crippen molar-refractivity contribution in [2.24, 2.45) is 11.8 Å². The molecule has 18 heavy (non-hydrogen) atoms. The summed E-state index contributed by atoms with van der Waals surface area (Å²) in [5.74, 6) is 1.29. The lowest BCUT2D eigenvalue weighted by atomic mass is 9.70. The Hall–Kier alpha value is -0.410. The molecule has 2 atom stereocenters. The molecule has 0 spiro atoms. The number of hydrogen-bond acceptors (Lipinski definition) is 1. The molecule has 0 aromatic heterocycles. The van der Waals surface area contributed by atoms with Crippen molar-refractivity contribution in [2.75, 3.05) is 6.54 Å². The normalized spacial score (nSPS) is 23.2. The van der Waals surface area contributed by atoms with E-state index in [1.54, 1.807) is 6.07 Å². The summed E-state index contributed by atoms with van der Waals surface area (Å²) in [5.41, 5.74) is 0.859. The smallest absolute Gasteiger partial charge is 0.127 e. The summed E-state index contributed by atoms with van der Waals surface area (Å²) in [6.07, 6.45) is 3.39. The monoisotopic (exact) mass is 313 g/mol. The molecule has 1 aromatic carbocycles. The molecule has 0 saturated heterocycles. The van der Waals surface area contributed by atoms with E-state index < -0.39 is 0 Å². The van der Waals surface area contributed by atoms with Crippen LogP contribution in [0.25, 0.3) is 0 Å². The van der Waals surface area contributed by atoms with E-state index in [2.05, 4.69) is 35.1 Å². The van der Waals surface area contributed by atoms with Gasteiger partial charge < -0.3 is 5.32 Å². The molecule has 1 N–H and O–H groups in total. The van der Waals surface area contributed by atoms with Crippen molar-refractivity contribution in [2.45, 2.75) is 39.2 Å². The zero-order chi connectivity index (χ0) is 13.1. The average Bonchev–Trinajstić information content (AvgIpc) is 2.26. The van der Waals surface area contributed by atoms with E-state index in [1.807, 2.05) is 12.1 Å². The Balaban J connectivity index is 1.89. The van der Waals surface area contributed by atoms with Gasteiger partial charge in [0.05, 0.1) is 0 Å². The van der Waals surface area contributed by atoms with E-state index in [9.17, 15) is 4.39 Å². The first kappa shape index (κ1) is 14.0. The van der Waals surface area contributed by atoms with Gasteiger partial charge in [-0.15, -0.1) is 0 Å². The first-order valence-electron chi connectivity index (χ1n) is 6.73. The zero-order valence-electron chi connectivity index (χ0n) is 11.0. The second-order valence-electron chi connectivity index (χ2n) is 5.60. The Morgan fingerprint density at radius 1 is 1.33 bits per heavy atom. The maximum absolute atomic E-state index is 13.8. The molecule has 0 bridgehead atoms. The van der Waals surface area contributed by atoms with Crippen LogP contribution in [0.2, 0.25) is 0 Å². The van der Waals surface area contributed by atoms with Crippen LogP contribution >= 0.6 is 15.9 Å². The van der Waals surface area contributed by atoms with Crippen molar-refractivity contribution in [3.05, 3.63) is 34.1 Å². The number of hydrogen-bond donors (Lipinski definition) is 1. The van der Waals surface area contributed by atoms with Gasteiger partial charge in [-0.2, -0.15) is 0 Å². The molecule has 0 radical (unpaired) electrons. The summed E-state index contributed by atoms with van der Waals surface area (Å²) in [5, 5.41) is 3.49. The Bertz CT molecular complexity index is 405. The van der Waals surface area contributed by atoms with Crippen molar-refractivity contribution in [1.29, 1.82) is 0 Å². The summed E-state index contributed by atoms with van der Waals surface area (Å²) < 4.78 is 14.6. The highest BCUT2D eigenvalue weighted by Gasteiger charge is 2.31. The number of halogens is 2. The molecular weight excluding hydrogens is 293 g/mol. The highest BCUT2D eigenvalue weighted by molar-refractivity contribution is 9.10. The summed E-state index contributed by atoms with van der Waals surface area (Å²) in [7, 11) is 0. The van der Waals surface area contributed by atoms with Crippen molar-refractivity contribution >= 4 is 15.9 Å². The molecule has 100 valence electrons. The molecule has 2 rings (SSSR count). The Kier molecular flexibility index (Phi) is 4.79. The van der Waals surface area contributed by atoms with Gasteiger partial charge in [0.2, 0.25) is 0 Å². The highest BCUT2D eigenvalue weighted by Crippen LogP contribution is 2.37. The third-order valence-electron chi connectivity index (χ3n) is 3.86. The van der Waals surface area contributed by atoms with Crippen LogP contribution in [-0.4, -0.2) is 12.6 Å². The van der Waals surface area contributed by atoms with E-state index >= 15 is 0 Å². The molecule has 1 aliphatic rings. The minimum Gasteiger partial charge on any atom is -0.314 e. The van der Waals surface area contributed by atoms with Gasteiger partial charge in [-0.1, -0.05) is 35.8 Å². The molecule has 0 heterocycles. The first-order valence-corrected chi connectivity index (χ1v) is 7.53. The van der Waals surface area contributed by atoms with E-state index in [4.69, 9.17) is 0 Å². The number of benzene rings is 1. The highest BCUT2D eigenvalue weighted by atomic mass is 79.9. The Labute approximate surface area is 117 Å². The van der Waals surface area contributed by atoms with E-state index in [0.29, 0.717) is 12.0 Å². The molecule has 1 aromatic rings. The fraction of sp³-hybridized carbons (Fsp3) is 0.600. The summed E-state index contributed by atoms with van der Waals surface area (Å²) in [6, 6.07) is 5.94. The van der Waals surface area contributed by atoms with Gasteiger partial charge in [0.25, 0.3) is 0 Å².